The number of fused-ring (bicyclic) bond motifs is 1. The van der Waals surface area contributed by atoms with Gasteiger partial charge in [0.2, 0.25) is 5.88 Å². The molecular weight excluding hydrogens is 278 g/mol. The van der Waals surface area contributed by atoms with Crippen molar-refractivity contribution in [1.82, 2.24) is 14.6 Å². The van der Waals surface area contributed by atoms with Crippen LogP contribution in [0.3, 0.4) is 0 Å². The SMILES string of the molecule is CCCOc1c(CC)c(C)nc2cc(C3CCOCC3)nn12. The Kier molecular flexibility index (Phi) is 4.62. The number of ether oxygens (including phenoxy) is 2. The fourth-order valence-electron chi connectivity index (χ4n) is 3.09. The maximum Gasteiger partial charge on any atom is 0.221 e. The monoisotopic (exact) mass is 303 g/mol. The molecular formula is C17H25N3O2. The lowest BCUT2D eigenvalue weighted by molar-refractivity contribution is 0.0844. The van der Waals surface area contributed by atoms with Crippen LogP contribution in [-0.2, 0) is 11.2 Å². The predicted octanol–water partition coefficient (Wildman–Crippen LogP) is 3.28. The van der Waals surface area contributed by atoms with Gasteiger partial charge in [0.1, 0.15) is 0 Å². The average molecular weight is 303 g/mol. The van der Waals surface area contributed by atoms with Gasteiger partial charge in [0.15, 0.2) is 5.65 Å². The summed E-state index contributed by atoms with van der Waals surface area (Å²) in [6.07, 6.45) is 3.96. The summed E-state index contributed by atoms with van der Waals surface area (Å²) < 4.78 is 13.4. The molecule has 2 aromatic rings. The molecule has 0 radical (unpaired) electrons. The lowest BCUT2D eigenvalue weighted by atomic mass is 9.97. The summed E-state index contributed by atoms with van der Waals surface area (Å²) in [7, 11) is 0. The van der Waals surface area contributed by atoms with Crippen LogP contribution < -0.4 is 4.74 Å². The molecule has 0 N–H and O–H groups in total. The smallest absolute Gasteiger partial charge is 0.221 e. The second-order valence-electron chi connectivity index (χ2n) is 5.91. The fraction of sp³-hybridized carbons (Fsp3) is 0.647. The molecule has 120 valence electrons. The highest BCUT2D eigenvalue weighted by atomic mass is 16.5. The van der Waals surface area contributed by atoms with Gasteiger partial charge in [-0.3, -0.25) is 0 Å². The van der Waals surface area contributed by atoms with E-state index in [-0.39, 0.29) is 0 Å². The number of aromatic nitrogens is 3. The van der Waals surface area contributed by atoms with Crippen molar-refractivity contribution in [2.45, 2.75) is 52.4 Å². The van der Waals surface area contributed by atoms with Crippen molar-refractivity contribution in [3.05, 3.63) is 23.0 Å². The van der Waals surface area contributed by atoms with Crippen LogP contribution in [-0.4, -0.2) is 34.4 Å². The van der Waals surface area contributed by atoms with E-state index in [9.17, 15) is 0 Å². The average Bonchev–Trinajstić information content (AvgIpc) is 2.96. The molecule has 0 aromatic carbocycles. The molecule has 0 aliphatic carbocycles. The molecule has 1 saturated heterocycles. The number of hydrogen-bond donors (Lipinski definition) is 0. The quantitative estimate of drug-likeness (QED) is 0.850. The van der Waals surface area contributed by atoms with E-state index in [0.717, 1.165) is 67.4 Å². The molecule has 3 heterocycles. The normalized spacial score (nSPS) is 16.3. The van der Waals surface area contributed by atoms with E-state index in [2.05, 4.69) is 26.8 Å². The van der Waals surface area contributed by atoms with Crippen LogP contribution in [0.1, 0.15) is 56.0 Å². The van der Waals surface area contributed by atoms with Gasteiger partial charge in [-0.15, -0.1) is 0 Å². The first-order chi connectivity index (χ1) is 10.7. The first-order valence-electron chi connectivity index (χ1n) is 8.34. The van der Waals surface area contributed by atoms with Crippen LogP contribution in [0.5, 0.6) is 5.88 Å². The Bertz CT molecular complexity index is 645. The zero-order chi connectivity index (χ0) is 15.5. The van der Waals surface area contributed by atoms with Crippen LogP contribution in [0.4, 0.5) is 0 Å². The maximum atomic E-state index is 6.01. The molecule has 22 heavy (non-hydrogen) atoms. The lowest BCUT2D eigenvalue weighted by Crippen LogP contribution is -2.14. The highest BCUT2D eigenvalue weighted by molar-refractivity contribution is 5.48. The first kappa shape index (κ1) is 15.3. The van der Waals surface area contributed by atoms with Crippen LogP contribution in [0.2, 0.25) is 0 Å². The molecule has 1 aliphatic rings. The van der Waals surface area contributed by atoms with E-state index in [1.165, 1.54) is 0 Å². The first-order valence-corrected chi connectivity index (χ1v) is 8.34. The molecule has 0 unspecified atom stereocenters. The Morgan fingerprint density at radius 3 is 2.77 bits per heavy atom. The summed E-state index contributed by atoms with van der Waals surface area (Å²) >= 11 is 0. The maximum absolute atomic E-state index is 6.01. The summed E-state index contributed by atoms with van der Waals surface area (Å²) in [6, 6.07) is 2.11. The lowest BCUT2D eigenvalue weighted by Gasteiger charge is -2.19. The van der Waals surface area contributed by atoms with Gasteiger partial charge in [0.05, 0.1) is 12.3 Å². The van der Waals surface area contributed by atoms with E-state index in [1.807, 2.05) is 4.52 Å². The van der Waals surface area contributed by atoms with Crippen LogP contribution in [0, 0.1) is 6.92 Å². The van der Waals surface area contributed by atoms with Gasteiger partial charge >= 0.3 is 0 Å². The van der Waals surface area contributed by atoms with Crippen LogP contribution >= 0.6 is 0 Å². The summed E-state index contributed by atoms with van der Waals surface area (Å²) in [6.45, 7) is 8.66. The van der Waals surface area contributed by atoms with Crippen molar-refractivity contribution in [1.29, 1.82) is 0 Å². The van der Waals surface area contributed by atoms with Gasteiger partial charge in [-0.05, 0) is 32.6 Å². The third kappa shape index (κ3) is 2.82. The number of nitrogens with zero attached hydrogens (tertiary/aromatic N) is 3. The Morgan fingerprint density at radius 1 is 1.32 bits per heavy atom. The minimum Gasteiger partial charge on any atom is -0.477 e. The summed E-state index contributed by atoms with van der Waals surface area (Å²) in [4.78, 5) is 4.72. The number of hydrogen-bond acceptors (Lipinski definition) is 4. The fourth-order valence-corrected chi connectivity index (χ4v) is 3.09. The Hall–Kier alpha value is -1.62. The Morgan fingerprint density at radius 2 is 2.09 bits per heavy atom. The van der Waals surface area contributed by atoms with Crippen LogP contribution in [0.15, 0.2) is 6.07 Å². The van der Waals surface area contributed by atoms with Crippen molar-refractivity contribution >= 4 is 5.65 Å². The zero-order valence-electron chi connectivity index (χ0n) is 13.8. The molecule has 2 aromatic heterocycles. The van der Waals surface area contributed by atoms with Crippen molar-refractivity contribution in [3.8, 4) is 5.88 Å². The highest BCUT2D eigenvalue weighted by Gasteiger charge is 2.21. The van der Waals surface area contributed by atoms with Crippen LogP contribution in [0.25, 0.3) is 5.65 Å². The van der Waals surface area contributed by atoms with Crippen molar-refractivity contribution in [3.63, 3.8) is 0 Å². The second kappa shape index (κ2) is 6.65. The molecule has 1 aliphatic heterocycles. The summed E-state index contributed by atoms with van der Waals surface area (Å²) in [5, 5.41) is 4.81. The molecule has 1 fully saturated rings. The number of rotatable bonds is 5. The van der Waals surface area contributed by atoms with Crippen molar-refractivity contribution in [2.24, 2.45) is 0 Å². The third-order valence-electron chi connectivity index (χ3n) is 4.32. The third-order valence-corrected chi connectivity index (χ3v) is 4.32. The van der Waals surface area contributed by atoms with E-state index >= 15 is 0 Å². The molecule has 0 atom stereocenters. The molecule has 5 nitrogen and oxygen atoms in total. The molecule has 3 rings (SSSR count). The van der Waals surface area contributed by atoms with E-state index in [1.54, 1.807) is 0 Å². The summed E-state index contributed by atoms with van der Waals surface area (Å²) in [5.41, 5.74) is 4.20. The topological polar surface area (TPSA) is 48.7 Å². The van der Waals surface area contributed by atoms with E-state index in [4.69, 9.17) is 19.6 Å². The predicted molar refractivity (Wildman–Crippen MR) is 85.7 cm³/mol. The van der Waals surface area contributed by atoms with Gasteiger partial charge in [-0.1, -0.05) is 13.8 Å². The molecule has 0 spiro atoms. The zero-order valence-corrected chi connectivity index (χ0v) is 13.8. The highest BCUT2D eigenvalue weighted by Crippen LogP contribution is 2.29. The Labute approximate surface area is 131 Å². The Balaban J connectivity index is 2.05. The molecule has 0 saturated carbocycles. The molecule has 0 amide bonds. The van der Waals surface area contributed by atoms with Gasteiger partial charge < -0.3 is 9.47 Å². The van der Waals surface area contributed by atoms with E-state index in [0.29, 0.717) is 12.5 Å². The van der Waals surface area contributed by atoms with Crippen molar-refractivity contribution < 1.29 is 9.47 Å². The van der Waals surface area contributed by atoms with Gasteiger partial charge in [-0.25, -0.2) is 4.98 Å². The molecule has 0 bridgehead atoms. The minimum absolute atomic E-state index is 0.472. The van der Waals surface area contributed by atoms with E-state index < -0.39 is 0 Å². The standard InChI is InChI=1S/C17H25N3O2/c1-4-8-22-17-14(5-2)12(3)18-16-11-15(19-20(16)17)13-6-9-21-10-7-13/h11,13H,4-10H2,1-3H3. The molecule has 5 heteroatoms. The van der Waals surface area contributed by atoms with Gasteiger partial charge in [0.25, 0.3) is 0 Å². The summed E-state index contributed by atoms with van der Waals surface area (Å²) in [5.74, 6) is 1.34. The largest absolute Gasteiger partial charge is 0.477 e. The second-order valence-corrected chi connectivity index (χ2v) is 5.91. The van der Waals surface area contributed by atoms with Gasteiger partial charge in [0, 0.05) is 36.5 Å². The number of aryl methyl sites for hydroxylation is 1. The van der Waals surface area contributed by atoms with Crippen molar-refractivity contribution in [2.75, 3.05) is 19.8 Å². The minimum atomic E-state index is 0.472. The van der Waals surface area contributed by atoms with Gasteiger partial charge in [-0.2, -0.15) is 9.61 Å².